The zero-order chi connectivity index (χ0) is 13.2. The van der Waals surface area contributed by atoms with Crippen molar-refractivity contribution < 1.29 is 14.3 Å². The molecule has 0 radical (unpaired) electrons. The van der Waals surface area contributed by atoms with Gasteiger partial charge in [0, 0.05) is 12.2 Å². The molecule has 0 heterocycles. The second-order valence-corrected chi connectivity index (χ2v) is 4.19. The van der Waals surface area contributed by atoms with E-state index in [1.54, 1.807) is 6.92 Å². The van der Waals surface area contributed by atoms with Gasteiger partial charge >= 0.3 is 0 Å². The topological polar surface area (TPSA) is 35.5 Å². The highest BCUT2D eigenvalue weighted by Crippen LogP contribution is 2.10. The van der Waals surface area contributed by atoms with Gasteiger partial charge < -0.3 is 9.47 Å². The largest absolute Gasteiger partial charge is 0.379 e. The molecule has 18 heavy (non-hydrogen) atoms. The molecule has 0 saturated carbocycles. The molecule has 0 atom stereocenters. The van der Waals surface area contributed by atoms with E-state index in [9.17, 15) is 4.79 Å². The Morgan fingerprint density at radius 2 is 1.72 bits per heavy atom. The van der Waals surface area contributed by atoms with Crippen LogP contribution in [0.5, 0.6) is 0 Å². The number of carbonyl (C=O) groups is 1. The van der Waals surface area contributed by atoms with Gasteiger partial charge in [-0.05, 0) is 25.3 Å². The lowest BCUT2D eigenvalue weighted by molar-refractivity contribution is 0.0491. The molecular formula is C15H22O3. The van der Waals surface area contributed by atoms with Crippen molar-refractivity contribution in [2.24, 2.45) is 0 Å². The van der Waals surface area contributed by atoms with Crippen molar-refractivity contribution >= 4 is 5.78 Å². The first-order valence-electron chi connectivity index (χ1n) is 6.50. The van der Waals surface area contributed by atoms with E-state index in [4.69, 9.17) is 9.47 Å². The van der Waals surface area contributed by atoms with Crippen molar-refractivity contribution in [1.82, 2.24) is 0 Å². The van der Waals surface area contributed by atoms with E-state index in [1.807, 2.05) is 24.3 Å². The molecule has 100 valence electrons. The number of Topliss-reactive ketones (excluding diaryl/α,β-unsaturated/α-hetero) is 1. The Hall–Kier alpha value is -1.19. The normalized spacial score (nSPS) is 10.6. The molecule has 3 heteroatoms. The first-order valence-corrected chi connectivity index (χ1v) is 6.50. The lowest BCUT2D eigenvalue weighted by Gasteiger charge is -2.08. The smallest absolute Gasteiger partial charge is 0.160 e. The molecule has 0 N–H and O–H groups in total. The van der Waals surface area contributed by atoms with Crippen molar-refractivity contribution in [1.29, 1.82) is 0 Å². The first-order chi connectivity index (χ1) is 8.75. The molecule has 0 aromatic heterocycles. The minimum Gasteiger partial charge on any atom is -0.379 e. The van der Waals surface area contributed by atoms with E-state index < -0.39 is 0 Å². The molecule has 1 aromatic carbocycles. The standard InChI is InChI=1S/C15H22O3/c1-3-9-17-11-12-18-10-8-14-6-4-5-7-15(14)13(2)16/h4-7H,3,8-12H2,1-2H3. The van der Waals surface area contributed by atoms with Crippen LogP contribution in [0.2, 0.25) is 0 Å². The Labute approximate surface area is 109 Å². The molecule has 0 unspecified atom stereocenters. The van der Waals surface area contributed by atoms with Crippen LogP contribution in [0.15, 0.2) is 24.3 Å². The maximum absolute atomic E-state index is 11.4. The van der Waals surface area contributed by atoms with Crippen molar-refractivity contribution in [2.45, 2.75) is 26.7 Å². The Bertz CT molecular complexity index is 361. The van der Waals surface area contributed by atoms with Crippen LogP contribution < -0.4 is 0 Å². The SMILES string of the molecule is CCCOCCOCCc1ccccc1C(C)=O. The summed E-state index contributed by atoms with van der Waals surface area (Å²) in [4.78, 5) is 11.4. The maximum Gasteiger partial charge on any atom is 0.160 e. The summed E-state index contributed by atoms with van der Waals surface area (Å²) < 4.78 is 10.8. The summed E-state index contributed by atoms with van der Waals surface area (Å²) in [5.74, 6) is 0.108. The first kappa shape index (κ1) is 14.9. The van der Waals surface area contributed by atoms with E-state index in [1.165, 1.54) is 0 Å². The molecule has 0 fully saturated rings. The van der Waals surface area contributed by atoms with Gasteiger partial charge in [0.1, 0.15) is 0 Å². The van der Waals surface area contributed by atoms with Crippen molar-refractivity contribution in [3.63, 3.8) is 0 Å². The lowest BCUT2D eigenvalue weighted by atomic mass is 10.0. The zero-order valence-electron chi connectivity index (χ0n) is 11.3. The van der Waals surface area contributed by atoms with Gasteiger partial charge in [-0.3, -0.25) is 4.79 Å². The molecule has 0 aliphatic rings. The van der Waals surface area contributed by atoms with E-state index >= 15 is 0 Å². The fraction of sp³-hybridized carbons (Fsp3) is 0.533. The number of benzene rings is 1. The van der Waals surface area contributed by atoms with Gasteiger partial charge in [0.2, 0.25) is 0 Å². The van der Waals surface area contributed by atoms with Crippen LogP contribution in [-0.2, 0) is 15.9 Å². The molecule has 1 aromatic rings. The van der Waals surface area contributed by atoms with Crippen molar-refractivity contribution in [2.75, 3.05) is 26.4 Å². The summed E-state index contributed by atoms with van der Waals surface area (Å²) in [5.41, 5.74) is 1.85. The van der Waals surface area contributed by atoms with Crippen LogP contribution >= 0.6 is 0 Å². The summed E-state index contributed by atoms with van der Waals surface area (Å²) in [6, 6.07) is 7.68. The highest BCUT2D eigenvalue weighted by Gasteiger charge is 2.05. The highest BCUT2D eigenvalue weighted by molar-refractivity contribution is 5.95. The predicted molar refractivity (Wildman–Crippen MR) is 72.1 cm³/mol. The average molecular weight is 250 g/mol. The third kappa shape index (κ3) is 5.43. The van der Waals surface area contributed by atoms with Crippen LogP contribution in [0.25, 0.3) is 0 Å². The summed E-state index contributed by atoms with van der Waals surface area (Å²) in [6.07, 6.45) is 1.80. The van der Waals surface area contributed by atoms with Crippen LogP contribution in [0.3, 0.4) is 0 Å². The highest BCUT2D eigenvalue weighted by atomic mass is 16.5. The monoisotopic (exact) mass is 250 g/mol. The summed E-state index contributed by atoms with van der Waals surface area (Å²) in [6.45, 7) is 6.35. The second kappa shape index (κ2) is 8.84. The molecule has 0 bridgehead atoms. The van der Waals surface area contributed by atoms with Gasteiger partial charge in [-0.25, -0.2) is 0 Å². The fourth-order valence-electron chi connectivity index (χ4n) is 1.73. The Morgan fingerprint density at radius 3 is 2.39 bits per heavy atom. The molecule has 0 aliphatic carbocycles. The minimum atomic E-state index is 0.108. The third-order valence-electron chi connectivity index (χ3n) is 2.63. The number of ether oxygens (including phenoxy) is 2. The number of hydrogen-bond donors (Lipinski definition) is 0. The maximum atomic E-state index is 11.4. The van der Waals surface area contributed by atoms with Crippen molar-refractivity contribution in [3.8, 4) is 0 Å². The van der Waals surface area contributed by atoms with Gasteiger partial charge in [-0.15, -0.1) is 0 Å². The summed E-state index contributed by atoms with van der Waals surface area (Å²) >= 11 is 0. The number of carbonyl (C=O) groups excluding carboxylic acids is 1. The van der Waals surface area contributed by atoms with Gasteiger partial charge in [-0.1, -0.05) is 31.2 Å². The molecule has 0 aliphatic heterocycles. The van der Waals surface area contributed by atoms with Gasteiger partial charge in [-0.2, -0.15) is 0 Å². The van der Waals surface area contributed by atoms with Gasteiger partial charge in [0.05, 0.1) is 19.8 Å². The summed E-state index contributed by atoms with van der Waals surface area (Å²) in [7, 11) is 0. The van der Waals surface area contributed by atoms with Crippen LogP contribution in [0, 0.1) is 0 Å². The number of hydrogen-bond acceptors (Lipinski definition) is 3. The van der Waals surface area contributed by atoms with Crippen LogP contribution in [0.4, 0.5) is 0 Å². The van der Waals surface area contributed by atoms with Gasteiger partial charge in [0.15, 0.2) is 5.78 Å². The van der Waals surface area contributed by atoms with Crippen LogP contribution in [0.1, 0.15) is 36.2 Å². The molecule has 0 saturated heterocycles. The lowest BCUT2D eigenvalue weighted by Crippen LogP contribution is -2.08. The Balaban J connectivity index is 2.25. The second-order valence-electron chi connectivity index (χ2n) is 4.19. The quantitative estimate of drug-likeness (QED) is 0.499. The van der Waals surface area contributed by atoms with Gasteiger partial charge in [0.25, 0.3) is 0 Å². The molecular weight excluding hydrogens is 228 g/mol. The molecule has 3 nitrogen and oxygen atoms in total. The summed E-state index contributed by atoms with van der Waals surface area (Å²) in [5, 5.41) is 0. The van der Waals surface area contributed by atoms with E-state index in [-0.39, 0.29) is 5.78 Å². The number of rotatable bonds is 9. The van der Waals surface area contributed by atoms with E-state index in [0.717, 1.165) is 30.6 Å². The third-order valence-corrected chi connectivity index (χ3v) is 2.63. The zero-order valence-corrected chi connectivity index (χ0v) is 11.3. The molecule has 1 rings (SSSR count). The van der Waals surface area contributed by atoms with Crippen LogP contribution in [-0.4, -0.2) is 32.2 Å². The average Bonchev–Trinajstić information content (AvgIpc) is 2.38. The number of ketones is 1. The Kier molecular flexibility index (Phi) is 7.30. The fourth-order valence-corrected chi connectivity index (χ4v) is 1.73. The molecule has 0 amide bonds. The van der Waals surface area contributed by atoms with Crippen molar-refractivity contribution in [3.05, 3.63) is 35.4 Å². The Morgan fingerprint density at radius 1 is 1.06 bits per heavy atom. The van der Waals surface area contributed by atoms with E-state index in [2.05, 4.69) is 6.92 Å². The van der Waals surface area contributed by atoms with E-state index in [0.29, 0.717) is 19.8 Å². The minimum absolute atomic E-state index is 0.108. The predicted octanol–water partition coefficient (Wildman–Crippen LogP) is 2.87. The molecule has 0 spiro atoms.